The van der Waals surface area contributed by atoms with Crippen molar-refractivity contribution in [3.8, 4) is 0 Å². The summed E-state index contributed by atoms with van der Waals surface area (Å²) in [6.45, 7) is 2.90. The van der Waals surface area contributed by atoms with E-state index in [2.05, 4.69) is 5.32 Å². The summed E-state index contributed by atoms with van der Waals surface area (Å²) in [4.78, 5) is 14.0. The molecule has 0 bridgehead atoms. The summed E-state index contributed by atoms with van der Waals surface area (Å²) < 4.78 is 23.0. The molecule has 2 aliphatic heterocycles. The fraction of sp³-hybridized carbons (Fsp3) is 0.917. The molecule has 0 radical (unpaired) electrons. The Morgan fingerprint density at radius 2 is 2.26 bits per heavy atom. The Morgan fingerprint density at radius 1 is 1.53 bits per heavy atom. The number of likely N-dealkylation sites (tertiary alicyclic amines) is 1. The molecular weight excluding hydrogens is 268 g/mol. The molecule has 2 heterocycles. The van der Waals surface area contributed by atoms with Crippen LogP contribution in [-0.4, -0.2) is 67.1 Å². The molecular formula is C12H22N2O4S. The van der Waals surface area contributed by atoms with Crippen LogP contribution in [0.25, 0.3) is 0 Å². The highest BCUT2D eigenvalue weighted by Gasteiger charge is 2.39. The number of carbonyl (C=O) groups excluding carboxylic acids is 1. The van der Waals surface area contributed by atoms with Crippen LogP contribution in [0.2, 0.25) is 0 Å². The highest BCUT2D eigenvalue weighted by atomic mass is 32.2. The van der Waals surface area contributed by atoms with Crippen molar-refractivity contribution >= 4 is 15.7 Å². The molecule has 2 rings (SSSR count). The smallest absolute Gasteiger partial charge is 0.234 e. The minimum atomic E-state index is -3.01. The summed E-state index contributed by atoms with van der Waals surface area (Å²) in [5.74, 6) is 0.0158. The van der Waals surface area contributed by atoms with Crippen LogP contribution in [0.3, 0.4) is 0 Å². The maximum atomic E-state index is 12.0. The van der Waals surface area contributed by atoms with Crippen LogP contribution in [0.5, 0.6) is 0 Å². The molecule has 2 aliphatic rings. The Hall–Kier alpha value is -0.660. The largest absolute Gasteiger partial charge is 0.395 e. The van der Waals surface area contributed by atoms with E-state index >= 15 is 0 Å². The summed E-state index contributed by atoms with van der Waals surface area (Å²) >= 11 is 0. The Kier molecular flexibility index (Phi) is 4.17. The zero-order valence-electron chi connectivity index (χ0n) is 11.3. The fourth-order valence-corrected chi connectivity index (χ4v) is 5.07. The van der Waals surface area contributed by atoms with Crippen LogP contribution >= 0.6 is 0 Å². The first-order valence-corrected chi connectivity index (χ1v) is 8.52. The molecule has 2 N–H and O–H groups in total. The summed E-state index contributed by atoms with van der Waals surface area (Å²) in [5, 5.41) is 12.0. The van der Waals surface area contributed by atoms with Gasteiger partial charge in [0.2, 0.25) is 5.91 Å². The fourth-order valence-electron chi connectivity index (χ4n) is 2.98. The van der Waals surface area contributed by atoms with E-state index in [0.717, 1.165) is 19.4 Å². The number of hydrogen-bond acceptors (Lipinski definition) is 5. The Labute approximate surface area is 114 Å². The number of rotatable bonds is 4. The van der Waals surface area contributed by atoms with Gasteiger partial charge in [-0.3, -0.25) is 9.69 Å². The molecule has 2 atom stereocenters. The highest BCUT2D eigenvalue weighted by Crippen LogP contribution is 2.23. The van der Waals surface area contributed by atoms with Crippen LogP contribution in [0.4, 0.5) is 0 Å². The van der Waals surface area contributed by atoms with Gasteiger partial charge in [0, 0.05) is 6.04 Å². The van der Waals surface area contributed by atoms with E-state index in [1.54, 1.807) is 6.92 Å². The van der Waals surface area contributed by atoms with Crippen molar-refractivity contribution < 1.29 is 18.3 Å². The van der Waals surface area contributed by atoms with Crippen molar-refractivity contribution in [3.63, 3.8) is 0 Å². The molecule has 0 aliphatic carbocycles. The molecule has 0 aromatic heterocycles. The van der Waals surface area contributed by atoms with E-state index in [1.807, 2.05) is 4.90 Å². The average Bonchev–Trinajstić information content (AvgIpc) is 2.82. The van der Waals surface area contributed by atoms with Crippen LogP contribution in [-0.2, 0) is 14.6 Å². The van der Waals surface area contributed by atoms with Gasteiger partial charge < -0.3 is 10.4 Å². The van der Waals surface area contributed by atoms with Crippen molar-refractivity contribution in [2.45, 2.75) is 37.8 Å². The first-order chi connectivity index (χ1) is 8.84. The lowest BCUT2D eigenvalue weighted by atomic mass is 10.0. The minimum absolute atomic E-state index is 0.0230. The van der Waals surface area contributed by atoms with Crippen molar-refractivity contribution in [1.82, 2.24) is 10.2 Å². The molecule has 110 valence electrons. The molecule has 0 spiro atoms. The van der Waals surface area contributed by atoms with Crippen molar-refractivity contribution in [2.75, 3.05) is 31.2 Å². The number of aliphatic hydroxyl groups excluding tert-OH is 1. The zero-order chi connectivity index (χ0) is 14.1. The number of aliphatic hydroxyl groups is 1. The maximum Gasteiger partial charge on any atom is 0.234 e. The normalized spacial score (nSPS) is 34.5. The molecule has 0 aromatic rings. The predicted octanol–water partition coefficient (Wildman–Crippen LogP) is -0.863. The van der Waals surface area contributed by atoms with Gasteiger partial charge >= 0.3 is 0 Å². The first-order valence-electron chi connectivity index (χ1n) is 6.70. The second-order valence-electron chi connectivity index (χ2n) is 5.90. The molecule has 7 heteroatoms. The second kappa shape index (κ2) is 5.38. The van der Waals surface area contributed by atoms with Crippen LogP contribution in [0, 0.1) is 0 Å². The van der Waals surface area contributed by atoms with Gasteiger partial charge in [-0.05, 0) is 32.7 Å². The summed E-state index contributed by atoms with van der Waals surface area (Å²) in [5.41, 5.74) is -0.635. The van der Waals surface area contributed by atoms with Crippen molar-refractivity contribution in [3.05, 3.63) is 0 Å². The van der Waals surface area contributed by atoms with Gasteiger partial charge in [0.25, 0.3) is 0 Å². The Morgan fingerprint density at radius 3 is 2.84 bits per heavy atom. The van der Waals surface area contributed by atoms with E-state index in [0.29, 0.717) is 6.42 Å². The SMILES string of the molecule is CC1(NC(=O)CN2CCC[C@H]2CO)CCS(=O)(=O)C1. The lowest BCUT2D eigenvalue weighted by Crippen LogP contribution is -2.51. The molecule has 6 nitrogen and oxygen atoms in total. The number of nitrogens with zero attached hydrogens (tertiary/aromatic N) is 1. The zero-order valence-corrected chi connectivity index (χ0v) is 12.1. The Balaban J connectivity index is 1.88. The van der Waals surface area contributed by atoms with Crippen molar-refractivity contribution in [1.29, 1.82) is 0 Å². The average molecular weight is 290 g/mol. The first kappa shape index (κ1) is 14.7. The van der Waals surface area contributed by atoms with E-state index in [9.17, 15) is 18.3 Å². The van der Waals surface area contributed by atoms with Crippen LogP contribution in [0.15, 0.2) is 0 Å². The third-order valence-electron chi connectivity index (χ3n) is 4.00. The predicted molar refractivity (Wildman–Crippen MR) is 71.5 cm³/mol. The lowest BCUT2D eigenvalue weighted by molar-refractivity contribution is -0.124. The maximum absolute atomic E-state index is 12.0. The summed E-state index contributed by atoms with van der Waals surface area (Å²) in [6, 6.07) is 0.0610. The van der Waals surface area contributed by atoms with Gasteiger partial charge in [0.05, 0.1) is 30.2 Å². The van der Waals surface area contributed by atoms with Gasteiger partial charge in [-0.25, -0.2) is 8.42 Å². The van der Waals surface area contributed by atoms with E-state index in [-0.39, 0.29) is 36.6 Å². The quantitative estimate of drug-likeness (QED) is 0.703. The second-order valence-corrected chi connectivity index (χ2v) is 8.08. The standard InChI is InChI=1S/C12H22N2O4S/c1-12(4-6-19(17,18)9-12)13-11(16)7-14-5-2-3-10(14)8-15/h10,15H,2-9H2,1H3,(H,13,16)/t10-,12?/m0/s1. The van der Waals surface area contributed by atoms with Gasteiger partial charge in [0.1, 0.15) is 0 Å². The molecule has 0 saturated carbocycles. The lowest BCUT2D eigenvalue weighted by Gasteiger charge is -2.27. The molecule has 0 aromatic carbocycles. The number of sulfone groups is 1. The third kappa shape index (κ3) is 3.67. The van der Waals surface area contributed by atoms with E-state index in [4.69, 9.17) is 0 Å². The Bertz CT molecular complexity index is 451. The minimum Gasteiger partial charge on any atom is -0.395 e. The van der Waals surface area contributed by atoms with Gasteiger partial charge in [-0.1, -0.05) is 0 Å². The third-order valence-corrected chi connectivity index (χ3v) is 5.90. The number of nitrogens with one attached hydrogen (secondary N) is 1. The van der Waals surface area contributed by atoms with Gasteiger partial charge in [-0.15, -0.1) is 0 Å². The highest BCUT2D eigenvalue weighted by molar-refractivity contribution is 7.91. The summed E-state index contributed by atoms with van der Waals surface area (Å²) in [6.07, 6.45) is 2.38. The van der Waals surface area contributed by atoms with E-state index in [1.165, 1.54) is 0 Å². The molecule has 2 saturated heterocycles. The van der Waals surface area contributed by atoms with Crippen molar-refractivity contribution in [2.24, 2.45) is 0 Å². The molecule has 2 fully saturated rings. The number of hydrogen-bond donors (Lipinski definition) is 2. The van der Waals surface area contributed by atoms with E-state index < -0.39 is 15.4 Å². The van der Waals surface area contributed by atoms with Crippen LogP contribution in [0.1, 0.15) is 26.2 Å². The monoisotopic (exact) mass is 290 g/mol. The number of carbonyl (C=O) groups is 1. The van der Waals surface area contributed by atoms with Gasteiger partial charge in [0.15, 0.2) is 9.84 Å². The topological polar surface area (TPSA) is 86.7 Å². The summed E-state index contributed by atoms with van der Waals surface area (Å²) in [7, 11) is -3.01. The van der Waals surface area contributed by atoms with Crippen LogP contribution < -0.4 is 5.32 Å². The number of amides is 1. The molecule has 1 unspecified atom stereocenters. The van der Waals surface area contributed by atoms with Gasteiger partial charge in [-0.2, -0.15) is 0 Å². The molecule has 19 heavy (non-hydrogen) atoms. The molecule has 1 amide bonds.